The first-order valence-electron chi connectivity index (χ1n) is 8.27. The maximum atomic E-state index is 13.5. The summed E-state index contributed by atoms with van der Waals surface area (Å²) >= 11 is 0. The van der Waals surface area contributed by atoms with Crippen LogP contribution in [0, 0.1) is 12.7 Å². The molecular formula is C18H22FN5O. The molecule has 2 aromatic rings. The van der Waals surface area contributed by atoms with Crippen LogP contribution < -0.4 is 5.73 Å². The number of anilines is 1. The van der Waals surface area contributed by atoms with Gasteiger partial charge < -0.3 is 10.6 Å². The van der Waals surface area contributed by atoms with Crippen LogP contribution in [0.25, 0.3) is 0 Å². The largest absolute Gasteiger partial charge is 0.384 e. The van der Waals surface area contributed by atoms with E-state index in [1.54, 1.807) is 23.2 Å². The van der Waals surface area contributed by atoms with E-state index in [2.05, 4.69) is 14.9 Å². The molecule has 1 aromatic heterocycles. The summed E-state index contributed by atoms with van der Waals surface area (Å²) < 4.78 is 13.5. The third-order valence-corrected chi connectivity index (χ3v) is 4.62. The van der Waals surface area contributed by atoms with Crippen molar-refractivity contribution >= 4 is 11.7 Å². The molecule has 0 aliphatic carbocycles. The molecule has 1 aliphatic heterocycles. The number of amides is 1. The van der Waals surface area contributed by atoms with Gasteiger partial charge in [0, 0.05) is 30.9 Å². The van der Waals surface area contributed by atoms with Crippen LogP contribution in [0.4, 0.5) is 10.2 Å². The van der Waals surface area contributed by atoms with Gasteiger partial charge in [-0.25, -0.2) is 14.4 Å². The Balaban J connectivity index is 1.64. The fraction of sp³-hybridized carbons (Fsp3) is 0.389. The lowest BCUT2D eigenvalue weighted by Crippen LogP contribution is -2.36. The van der Waals surface area contributed by atoms with Gasteiger partial charge in [0.1, 0.15) is 17.5 Å². The first-order valence-corrected chi connectivity index (χ1v) is 8.27. The average molecular weight is 343 g/mol. The van der Waals surface area contributed by atoms with E-state index in [1.165, 1.54) is 12.1 Å². The fourth-order valence-corrected chi connectivity index (χ4v) is 3.12. The molecule has 6 nitrogen and oxygen atoms in total. The predicted molar refractivity (Wildman–Crippen MR) is 93.4 cm³/mol. The molecule has 1 fully saturated rings. The molecule has 25 heavy (non-hydrogen) atoms. The Kier molecular flexibility index (Phi) is 4.94. The highest BCUT2D eigenvalue weighted by molar-refractivity contribution is 5.95. The number of rotatable bonds is 4. The summed E-state index contributed by atoms with van der Waals surface area (Å²) in [5.74, 6) is 0.602. The summed E-state index contributed by atoms with van der Waals surface area (Å²) in [5.41, 5.74) is 6.91. The summed E-state index contributed by atoms with van der Waals surface area (Å²) in [4.78, 5) is 25.0. The van der Waals surface area contributed by atoms with Crippen molar-refractivity contribution in [3.05, 3.63) is 53.2 Å². The Morgan fingerprint density at radius 3 is 3.00 bits per heavy atom. The number of nitrogens with zero attached hydrogens (tertiary/aromatic N) is 4. The molecule has 3 rings (SSSR count). The molecule has 0 bridgehead atoms. The van der Waals surface area contributed by atoms with Crippen molar-refractivity contribution in [3.8, 4) is 0 Å². The number of likely N-dealkylation sites (N-methyl/N-ethyl adjacent to an activating group) is 1. The smallest absolute Gasteiger partial charge is 0.254 e. The molecule has 2 heterocycles. The number of hydrogen-bond donors (Lipinski definition) is 1. The summed E-state index contributed by atoms with van der Waals surface area (Å²) in [6.45, 7) is 3.65. The van der Waals surface area contributed by atoms with Crippen LogP contribution in [-0.2, 0) is 6.54 Å². The summed E-state index contributed by atoms with van der Waals surface area (Å²) in [7, 11) is 1.98. The number of carbonyl (C=O) groups excluding carboxylic acids is 1. The summed E-state index contributed by atoms with van der Waals surface area (Å²) in [5, 5.41) is 0. The monoisotopic (exact) mass is 343 g/mol. The molecule has 0 saturated carbocycles. The molecule has 1 unspecified atom stereocenters. The molecule has 1 saturated heterocycles. The van der Waals surface area contributed by atoms with E-state index < -0.39 is 0 Å². The van der Waals surface area contributed by atoms with Crippen molar-refractivity contribution in [1.29, 1.82) is 0 Å². The molecule has 0 radical (unpaired) electrons. The highest BCUT2D eigenvalue weighted by Gasteiger charge is 2.30. The van der Waals surface area contributed by atoms with Gasteiger partial charge in [0.2, 0.25) is 0 Å². The molecule has 1 amide bonds. The Hall–Kier alpha value is -2.54. The summed E-state index contributed by atoms with van der Waals surface area (Å²) in [6, 6.07) is 6.19. The minimum Gasteiger partial charge on any atom is -0.384 e. The molecule has 7 heteroatoms. The first-order chi connectivity index (χ1) is 11.9. The highest BCUT2D eigenvalue weighted by Crippen LogP contribution is 2.20. The number of likely N-dealkylation sites (tertiary alicyclic amines) is 1. The fourth-order valence-electron chi connectivity index (χ4n) is 3.12. The zero-order valence-electron chi connectivity index (χ0n) is 14.4. The minimum atomic E-state index is -0.388. The van der Waals surface area contributed by atoms with Gasteiger partial charge in [-0.2, -0.15) is 0 Å². The number of nitrogen functional groups attached to an aromatic ring is 1. The van der Waals surface area contributed by atoms with Crippen molar-refractivity contribution in [2.75, 3.05) is 25.9 Å². The molecule has 1 atom stereocenters. The highest BCUT2D eigenvalue weighted by atomic mass is 19.1. The zero-order chi connectivity index (χ0) is 18.0. The second-order valence-electron chi connectivity index (χ2n) is 6.47. The van der Waals surface area contributed by atoms with E-state index in [0.29, 0.717) is 36.8 Å². The van der Waals surface area contributed by atoms with Crippen LogP contribution in [0.3, 0.4) is 0 Å². The number of carbonyl (C=O) groups is 1. The van der Waals surface area contributed by atoms with E-state index in [9.17, 15) is 9.18 Å². The van der Waals surface area contributed by atoms with Gasteiger partial charge in [-0.05, 0) is 44.2 Å². The van der Waals surface area contributed by atoms with E-state index in [4.69, 9.17) is 5.73 Å². The first kappa shape index (κ1) is 17.3. The number of halogens is 1. The van der Waals surface area contributed by atoms with Gasteiger partial charge in [0.25, 0.3) is 5.91 Å². The van der Waals surface area contributed by atoms with Gasteiger partial charge in [0.05, 0.1) is 6.54 Å². The van der Waals surface area contributed by atoms with Crippen molar-refractivity contribution in [2.45, 2.75) is 25.9 Å². The molecule has 132 valence electrons. The van der Waals surface area contributed by atoms with E-state index >= 15 is 0 Å². The second kappa shape index (κ2) is 7.14. The molecule has 1 aromatic carbocycles. The number of benzene rings is 1. The zero-order valence-corrected chi connectivity index (χ0v) is 14.4. The lowest BCUT2D eigenvalue weighted by Gasteiger charge is -2.24. The van der Waals surface area contributed by atoms with Crippen LogP contribution in [0.1, 0.15) is 28.2 Å². The van der Waals surface area contributed by atoms with E-state index in [0.717, 1.165) is 12.0 Å². The van der Waals surface area contributed by atoms with Crippen LogP contribution in [0.15, 0.2) is 30.5 Å². The number of aryl methyl sites for hydroxylation is 1. The third-order valence-electron chi connectivity index (χ3n) is 4.62. The van der Waals surface area contributed by atoms with Crippen molar-refractivity contribution < 1.29 is 9.18 Å². The van der Waals surface area contributed by atoms with Gasteiger partial charge in [0.15, 0.2) is 0 Å². The Labute approximate surface area is 146 Å². The number of aromatic nitrogens is 2. The predicted octanol–water partition coefficient (Wildman–Crippen LogP) is 1.85. The van der Waals surface area contributed by atoms with Gasteiger partial charge in [-0.3, -0.25) is 9.69 Å². The Bertz CT molecular complexity index is 782. The molecule has 2 N–H and O–H groups in total. The molecular weight excluding hydrogens is 321 g/mol. The maximum Gasteiger partial charge on any atom is 0.254 e. The Morgan fingerprint density at radius 1 is 1.44 bits per heavy atom. The number of nitrogens with two attached hydrogens (primary N) is 1. The SMILES string of the molecule is Cc1ccc(F)cc1C(=O)N1CCC(N(C)Cc2nccc(N)n2)C1. The van der Waals surface area contributed by atoms with Gasteiger partial charge >= 0.3 is 0 Å². The normalized spacial score (nSPS) is 17.3. The topological polar surface area (TPSA) is 75.4 Å². The van der Waals surface area contributed by atoms with Crippen molar-refractivity contribution in [1.82, 2.24) is 19.8 Å². The van der Waals surface area contributed by atoms with Crippen LogP contribution in [-0.4, -0.2) is 51.9 Å². The van der Waals surface area contributed by atoms with Crippen molar-refractivity contribution in [3.63, 3.8) is 0 Å². The number of hydrogen-bond acceptors (Lipinski definition) is 5. The quantitative estimate of drug-likeness (QED) is 0.917. The van der Waals surface area contributed by atoms with Crippen LogP contribution >= 0.6 is 0 Å². The standard InChI is InChI=1S/C18H22FN5O/c1-12-3-4-13(19)9-15(12)18(25)24-8-6-14(10-24)23(2)11-17-21-7-5-16(20)22-17/h3-5,7,9,14H,6,8,10-11H2,1-2H3,(H2,20,21,22). The molecule has 1 aliphatic rings. The van der Waals surface area contributed by atoms with Crippen LogP contribution in [0.2, 0.25) is 0 Å². The van der Waals surface area contributed by atoms with Crippen molar-refractivity contribution in [2.24, 2.45) is 0 Å². The lowest BCUT2D eigenvalue weighted by atomic mass is 10.1. The molecule has 0 spiro atoms. The summed E-state index contributed by atoms with van der Waals surface area (Å²) in [6.07, 6.45) is 2.50. The average Bonchev–Trinajstić information content (AvgIpc) is 3.06. The van der Waals surface area contributed by atoms with E-state index in [-0.39, 0.29) is 17.8 Å². The van der Waals surface area contributed by atoms with Gasteiger partial charge in [-0.1, -0.05) is 6.07 Å². The lowest BCUT2D eigenvalue weighted by molar-refractivity contribution is 0.0778. The minimum absolute atomic E-state index is 0.117. The van der Waals surface area contributed by atoms with E-state index in [1.807, 2.05) is 14.0 Å². The Morgan fingerprint density at radius 2 is 2.24 bits per heavy atom. The second-order valence-corrected chi connectivity index (χ2v) is 6.47. The maximum absolute atomic E-state index is 13.5. The van der Waals surface area contributed by atoms with Crippen LogP contribution in [0.5, 0.6) is 0 Å². The third kappa shape index (κ3) is 3.93. The van der Waals surface area contributed by atoms with Gasteiger partial charge in [-0.15, -0.1) is 0 Å².